The van der Waals surface area contributed by atoms with Crippen molar-refractivity contribution >= 4 is 25.5 Å². The molecule has 0 saturated heterocycles. The van der Waals surface area contributed by atoms with Crippen LogP contribution >= 0.6 is 8.58 Å². The lowest BCUT2D eigenvalue weighted by atomic mass is 9.69. The number of fused-ring (bicyclic) bond motifs is 1. The molecule has 0 heterocycles. The molecule has 3 N–H and O–H groups in total. The fourth-order valence-electron chi connectivity index (χ4n) is 4.42. The summed E-state index contributed by atoms with van der Waals surface area (Å²) in [5.74, 6) is -0.493. The number of aliphatic hydroxyl groups is 1. The zero-order chi connectivity index (χ0) is 20.6. The van der Waals surface area contributed by atoms with Crippen molar-refractivity contribution in [2.75, 3.05) is 19.5 Å². The molecular formula is C23H30NO3P. The monoisotopic (exact) mass is 399 g/mol. The Morgan fingerprint density at radius 1 is 1.32 bits per heavy atom. The number of benzene rings is 2. The molecule has 2 aromatic rings. The summed E-state index contributed by atoms with van der Waals surface area (Å²) < 4.78 is 5.15. The lowest BCUT2D eigenvalue weighted by Crippen LogP contribution is -2.34. The standard InChI is InChI=1S/C23H30NO3P/c1-13-16(9-11-19(28-5)21(13)24)20(23(2,3)22(26)27-4)15-7-6-14-8-10-18(25)17(14)12-15/h6-7,9,11-12,18,20,25,28H,8,10,24H2,1-5H3. The Morgan fingerprint density at radius 3 is 2.68 bits per heavy atom. The Hall–Kier alpha value is -1.90. The van der Waals surface area contributed by atoms with Crippen LogP contribution in [0, 0.1) is 12.3 Å². The number of nitrogens with two attached hydrogens (primary N) is 1. The van der Waals surface area contributed by atoms with E-state index >= 15 is 0 Å². The van der Waals surface area contributed by atoms with Gasteiger partial charge in [-0.05, 0) is 73.4 Å². The van der Waals surface area contributed by atoms with Gasteiger partial charge in [-0.25, -0.2) is 0 Å². The van der Waals surface area contributed by atoms with Crippen LogP contribution in [0.5, 0.6) is 0 Å². The van der Waals surface area contributed by atoms with E-state index in [1.165, 1.54) is 12.7 Å². The number of hydrogen-bond acceptors (Lipinski definition) is 4. The summed E-state index contributed by atoms with van der Waals surface area (Å²) in [6, 6.07) is 10.4. The molecule has 3 unspecified atom stereocenters. The minimum atomic E-state index is -0.792. The molecule has 3 atom stereocenters. The maximum atomic E-state index is 12.7. The second kappa shape index (κ2) is 7.85. The van der Waals surface area contributed by atoms with Gasteiger partial charge in [-0.3, -0.25) is 4.79 Å². The van der Waals surface area contributed by atoms with Gasteiger partial charge in [0.05, 0.1) is 18.6 Å². The summed E-state index contributed by atoms with van der Waals surface area (Å²) in [5.41, 5.74) is 11.6. The molecule has 3 rings (SSSR count). The van der Waals surface area contributed by atoms with Crippen LogP contribution in [0.25, 0.3) is 0 Å². The molecule has 0 aliphatic heterocycles. The van der Waals surface area contributed by atoms with Crippen molar-refractivity contribution in [3.63, 3.8) is 0 Å². The zero-order valence-electron chi connectivity index (χ0n) is 17.3. The van der Waals surface area contributed by atoms with Gasteiger partial charge in [0.1, 0.15) is 0 Å². The fourth-order valence-corrected chi connectivity index (χ4v) is 5.13. The molecule has 0 fully saturated rings. The van der Waals surface area contributed by atoms with E-state index in [0.29, 0.717) is 8.58 Å². The second-order valence-electron chi connectivity index (χ2n) is 8.15. The van der Waals surface area contributed by atoms with Crippen molar-refractivity contribution in [1.82, 2.24) is 0 Å². The largest absolute Gasteiger partial charge is 0.469 e. The van der Waals surface area contributed by atoms with Gasteiger partial charge in [-0.15, -0.1) is 0 Å². The highest BCUT2D eigenvalue weighted by Gasteiger charge is 2.41. The number of methoxy groups -OCH3 is 1. The van der Waals surface area contributed by atoms with E-state index in [0.717, 1.165) is 46.1 Å². The van der Waals surface area contributed by atoms with Crippen LogP contribution in [-0.2, 0) is 16.0 Å². The van der Waals surface area contributed by atoms with Crippen molar-refractivity contribution in [2.24, 2.45) is 5.41 Å². The second-order valence-corrected chi connectivity index (χ2v) is 9.19. The highest BCUT2D eigenvalue weighted by atomic mass is 31.1. The number of ether oxygens (including phenoxy) is 1. The van der Waals surface area contributed by atoms with Gasteiger partial charge in [-0.2, -0.15) is 0 Å². The van der Waals surface area contributed by atoms with Crippen LogP contribution in [0.15, 0.2) is 30.3 Å². The first-order valence-corrected chi connectivity index (χ1v) is 11.2. The summed E-state index contributed by atoms with van der Waals surface area (Å²) in [4.78, 5) is 12.7. The Kier molecular flexibility index (Phi) is 5.84. The maximum Gasteiger partial charge on any atom is 0.312 e. The third kappa shape index (κ3) is 3.44. The van der Waals surface area contributed by atoms with Crippen LogP contribution in [0.4, 0.5) is 5.69 Å². The predicted molar refractivity (Wildman–Crippen MR) is 117 cm³/mol. The van der Waals surface area contributed by atoms with Crippen molar-refractivity contribution in [2.45, 2.75) is 45.6 Å². The fraction of sp³-hybridized carbons (Fsp3) is 0.435. The molecule has 2 aromatic carbocycles. The molecule has 1 aliphatic carbocycles. The number of anilines is 1. The number of aliphatic hydroxyl groups excluding tert-OH is 1. The molecule has 28 heavy (non-hydrogen) atoms. The van der Waals surface area contributed by atoms with Gasteiger partial charge in [0, 0.05) is 11.6 Å². The molecule has 0 amide bonds. The SMILES string of the molecule is COC(=O)C(C)(C)C(c1ccc2c(c1)C(O)CC2)c1ccc(PC)c(N)c1C. The molecule has 0 bridgehead atoms. The molecule has 5 heteroatoms. The van der Waals surface area contributed by atoms with Crippen LogP contribution in [0.3, 0.4) is 0 Å². The van der Waals surface area contributed by atoms with Crippen LogP contribution < -0.4 is 11.0 Å². The minimum Gasteiger partial charge on any atom is -0.469 e. The lowest BCUT2D eigenvalue weighted by molar-refractivity contribution is -0.151. The Balaban J connectivity index is 2.22. The highest BCUT2D eigenvalue weighted by Crippen LogP contribution is 2.45. The van der Waals surface area contributed by atoms with Gasteiger partial charge in [0.2, 0.25) is 0 Å². The topological polar surface area (TPSA) is 72.5 Å². The van der Waals surface area contributed by atoms with Crippen LogP contribution in [0.1, 0.15) is 60.1 Å². The zero-order valence-corrected chi connectivity index (χ0v) is 18.3. The number of rotatable bonds is 5. The van der Waals surface area contributed by atoms with Crippen LogP contribution in [0.2, 0.25) is 0 Å². The Bertz CT molecular complexity index is 907. The molecular weight excluding hydrogens is 369 g/mol. The first-order chi connectivity index (χ1) is 13.2. The number of aryl methyl sites for hydroxylation is 1. The first kappa shape index (κ1) is 20.8. The average molecular weight is 399 g/mol. The molecule has 1 aliphatic rings. The quantitative estimate of drug-likeness (QED) is 0.455. The van der Waals surface area contributed by atoms with Gasteiger partial charge in [-0.1, -0.05) is 38.9 Å². The van der Waals surface area contributed by atoms with Crippen molar-refractivity contribution in [1.29, 1.82) is 0 Å². The first-order valence-electron chi connectivity index (χ1n) is 9.68. The van der Waals surface area contributed by atoms with Crippen molar-refractivity contribution in [3.05, 3.63) is 58.1 Å². The van der Waals surface area contributed by atoms with E-state index in [2.05, 4.69) is 37.0 Å². The van der Waals surface area contributed by atoms with E-state index in [1.807, 2.05) is 20.8 Å². The molecule has 0 spiro atoms. The number of carbonyl (C=O) groups is 1. The predicted octanol–water partition coefficient (Wildman–Crippen LogP) is 3.82. The molecule has 0 saturated carbocycles. The third-order valence-corrected chi connectivity index (χ3v) is 7.09. The van der Waals surface area contributed by atoms with E-state index in [1.54, 1.807) is 0 Å². The summed E-state index contributed by atoms with van der Waals surface area (Å²) >= 11 is 0. The summed E-state index contributed by atoms with van der Waals surface area (Å²) in [7, 11) is 2.04. The Labute approximate surface area is 169 Å². The van der Waals surface area contributed by atoms with Gasteiger partial charge in [0.15, 0.2) is 0 Å². The van der Waals surface area contributed by atoms with Gasteiger partial charge < -0.3 is 15.6 Å². The summed E-state index contributed by atoms with van der Waals surface area (Å²) in [6.07, 6.45) is 1.20. The van der Waals surface area contributed by atoms with E-state index in [9.17, 15) is 9.90 Å². The molecule has 4 nitrogen and oxygen atoms in total. The van der Waals surface area contributed by atoms with Gasteiger partial charge >= 0.3 is 5.97 Å². The van der Waals surface area contributed by atoms with Crippen molar-refractivity contribution in [3.8, 4) is 0 Å². The number of carbonyl (C=O) groups excluding carboxylic acids is 1. The normalized spacial score (nSPS) is 17.7. The smallest absolute Gasteiger partial charge is 0.312 e. The number of nitrogen functional groups attached to an aromatic ring is 1. The summed E-state index contributed by atoms with van der Waals surface area (Å²) in [5, 5.41) is 11.5. The van der Waals surface area contributed by atoms with Gasteiger partial charge in [0.25, 0.3) is 0 Å². The number of hydrogen-bond donors (Lipinski definition) is 2. The number of esters is 1. The van der Waals surface area contributed by atoms with E-state index in [4.69, 9.17) is 10.5 Å². The lowest BCUT2D eigenvalue weighted by Gasteiger charge is -2.34. The summed E-state index contributed by atoms with van der Waals surface area (Å²) in [6.45, 7) is 7.97. The van der Waals surface area contributed by atoms with E-state index < -0.39 is 11.5 Å². The van der Waals surface area contributed by atoms with Crippen LogP contribution in [-0.4, -0.2) is 24.9 Å². The molecule has 150 valence electrons. The highest BCUT2D eigenvalue weighted by molar-refractivity contribution is 7.46. The van der Waals surface area contributed by atoms with E-state index in [-0.39, 0.29) is 11.9 Å². The molecule has 0 radical (unpaired) electrons. The van der Waals surface area contributed by atoms with Crippen molar-refractivity contribution < 1.29 is 14.6 Å². The average Bonchev–Trinajstić information content (AvgIpc) is 3.05. The maximum absolute atomic E-state index is 12.7. The minimum absolute atomic E-state index is 0.227. The third-order valence-electron chi connectivity index (χ3n) is 6.12. The Morgan fingerprint density at radius 2 is 2.04 bits per heavy atom. The molecule has 0 aromatic heterocycles.